The molecule has 3 aliphatic rings. The molecule has 7 aromatic heterocycles. The summed E-state index contributed by atoms with van der Waals surface area (Å²) < 4.78 is 14.7. The van der Waals surface area contributed by atoms with Crippen molar-refractivity contribution in [3.8, 4) is 101 Å². The number of nitrogens with zero attached hydrogens (tertiary/aromatic N) is 8. The summed E-state index contributed by atoms with van der Waals surface area (Å²) in [4.78, 5) is 12.2. The van der Waals surface area contributed by atoms with Crippen molar-refractivity contribution < 1.29 is 0 Å². The van der Waals surface area contributed by atoms with Gasteiger partial charge in [-0.2, -0.15) is 0 Å². The Bertz CT molecular complexity index is 9720. The molecule has 19 aromatic carbocycles. The van der Waals surface area contributed by atoms with E-state index >= 15 is 0 Å². The second-order valence-corrected chi connectivity index (χ2v) is 38.8. The Morgan fingerprint density at radius 1 is 0.158 bits per heavy atom. The van der Waals surface area contributed by atoms with Gasteiger partial charge in [0.05, 0.1) is 77.2 Å². The fraction of sp³-hybridized carbons (Fsp3) is 0.0720. The molecule has 0 spiro atoms. The molecule has 0 N–H and O–H groups in total. The summed E-state index contributed by atoms with van der Waals surface area (Å²) in [7, 11) is 0. The van der Waals surface area contributed by atoms with Crippen molar-refractivity contribution in [2.75, 3.05) is 0 Å². The summed E-state index contributed by atoms with van der Waals surface area (Å²) in [5, 5.41) is 14.2. The summed E-state index contributed by atoms with van der Waals surface area (Å²) in [5.41, 5.74) is 41.9. The summed E-state index contributed by atoms with van der Waals surface area (Å²) in [5.74, 6) is 1.44. The van der Waals surface area contributed by atoms with Crippen LogP contribution in [-0.4, -0.2) is 37.4 Å². The fourth-order valence-electron chi connectivity index (χ4n) is 24.4. The summed E-state index contributed by atoms with van der Waals surface area (Å²) >= 11 is 0. The summed E-state index contributed by atoms with van der Waals surface area (Å²) in [6.07, 6.45) is 0. The first-order valence-corrected chi connectivity index (χ1v) is 46.5. The third-order valence-corrected chi connectivity index (χ3v) is 30.8. The van der Waals surface area contributed by atoms with Gasteiger partial charge in [0.1, 0.15) is 0 Å². The Balaban J connectivity index is 0.602. The lowest BCUT2D eigenvalue weighted by Crippen LogP contribution is -2.15. The van der Waals surface area contributed by atoms with E-state index in [2.05, 4.69) is 469 Å². The smallest absolute Gasteiger partial charge is 0.182 e. The molecule has 0 amide bonds. The SMILES string of the molecule is CC1(C)c2ccccc2-c2ccc(-n3c4ccccc4c4ccc(-c5ccc6c(c5)c5ccccc5n6-c5ccc6nc(-n7c8ccccc8c8cc(-c9ccc%10c%11ccccc%11n(-c%11ccc%12c(c%11)C(C)(C)c%11ccccc%11-%12)c%10c9)ccc87)c(-n7c8ccccc8c8cc(-c9ccc%10c%11ccccc%11n(-c%11ccc%12c(c%11)C(C)(C)c%11ccccc%11-%12)c%10c9)ccc87)nc6c5)cc43)cc21. The predicted molar refractivity (Wildman–Crippen MR) is 555 cm³/mol. The molecule has 133 heavy (non-hydrogen) atoms. The minimum Gasteiger partial charge on any atom is -0.309 e. The van der Waals surface area contributed by atoms with Gasteiger partial charge in [-0.25, -0.2) is 9.97 Å². The molecule has 0 fully saturated rings. The van der Waals surface area contributed by atoms with E-state index in [4.69, 9.17) is 9.97 Å². The number of aromatic nitrogens is 8. The van der Waals surface area contributed by atoms with E-state index in [1.54, 1.807) is 0 Å². The van der Waals surface area contributed by atoms with E-state index < -0.39 is 0 Å². The van der Waals surface area contributed by atoms with Crippen molar-refractivity contribution in [3.05, 3.63) is 434 Å². The van der Waals surface area contributed by atoms with Crippen molar-refractivity contribution >= 4 is 142 Å². The monoisotopic (exact) mass is 1700 g/mol. The zero-order chi connectivity index (χ0) is 87.9. The fourth-order valence-corrected chi connectivity index (χ4v) is 24.4. The Labute approximate surface area is 766 Å². The van der Waals surface area contributed by atoms with Crippen molar-refractivity contribution in [2.24, 2.45) is 0 Å². The van der Waals surface area contributed by atoms with E-state index in [0.717, 1.165) is 133 Å². The lowest BCUT2D eigenvalue weighted by molar-refractivity contribution is 0.660. The Morgan fingerprint density at radius 3 is 0.737 bits per heavy atom. The highest BCUT2D eigenvalue weighted by Crippen LogP contribution is 2.55. The van der Waals surface area contributed by atoms with Crippen LogP contribution in [0.15, 0.2) is 400 Å². The van der Waals surface area contributed by atoms with Crippen LogP contribution in [0.25, 0.3) is 243 Å². The highest BCUT2D eigenvalue weighted by molar-refractivity contribution is 6.18. The van der Waals surface area contributed by atoms with Gasteiger partial charge in [-0.15, -0.1) is 0 Å². The molecule has 0 bridgehead atoms. The first-order chi connectivity index (χ1) is 65.2. The largest absolute Gasteiger partial charge is 0.309 e. The molecule has 7 heterocycles. The average molecular weight is 1700 g/mol. The number of para-hydroxylation sites is 6. The minimum absolute atomic E-state index is 0.140. The molecule has 26 aromatic rings. The standard InChI is InChI=1S/C125H84N8/c1-123(2)101-34-16-7-25-83(101)86-56-49-79(69-104(86)123)129-109-37-19-10-28-89(109)95-53-43-76(66-118(95)129)73-46-60-115-98(63-73)92-31-13-22-40-112(92)128(115)82-52-59-107-108(72-82)127-122(133-114-42-24-15-33-94(114)100-65-75(48-62-117(100)133)78-45-55-97-91-30-12-21-39-111(91)131(120(97)68-78)81-51-58-88-85-27-9-18-36-103(85)125(5,6)106(88)71-81)121(126-107)132-113-41-23-14-32-93(113)99-64-74(47-61-116(99)132)77-44-54-96-90-29-11-20-38-110(90)130(119(96)67-77)80-50-57-87-84-26-8-17-35-102(84)124(3,4)105(87)70-80/h7-72H,1-6H3. The van der Waals surface area contributed by atoms with Gasteiger partial charge in [-0.05, 0) is 246 Å². The van der Waals surface area contributed by atoms with E-state index in [0.29, 0.717) is 5.82 Å². The topological polar surface area (TPSA) is 55.4 Å². The second kappa shape index (κ2) is 26.8. The van der Waals surface area contributed by atoms with Crippen LogP contribution in [0, 0.1) is 0 Å². The quantitative estimate of drug-likeness (QED) is 0.145. The summed E-state index contributed by atoms with van der Waals surface area (Å²) in [6.45, 7) is 14.2. The molecule has 29 rings (SSSR count). The van der Waals surface area contributed by atoms with Crippen LogP contribution in [-0.2, 0) is 16.2 Å². The first-order valence-electron chi connectivity index (χ1n) is 46.5. The maximum atomic E-state index is 6.13. The predicted octanol–water partition coefficient (Wildman–Crippen LogP) is 32.1. The van der Waals surface area contributed by atoms with Crippen LogP contribution in [0.5, 0.6) is 0 Å². The molecule has 0 atom stereocenters. The van der Waals surface area contributed by atoms with Crippen LogP contribution < -0.4 is 0 Å². The maximum absolute atomic E-state index is 6.13. The maximum Gasteiger partial charge on any atom is 0.182 e. The molecule has 0 saturated carbocycles. The number of benzene rings is 19. The van der Waals surface area contributed by atoms with Gasteiger partial charge in [0, 0.05) is 104 Å². The Morgan fingerprint density at radius 2 is 0.391 bits per heavy atom. The van der Waals surface area contributed by atoms with Gasteiger partial charge in [0.25, 0.3) is 0 Å². The minimum atomic E-state index is -0.155. The van der Waals surface area contributed by atoms with Crippen molar-refractivity contribution in [3.63, 3.8) is 0 Å². The van der Waals surface area contributed by atoms with Gasteiger partial charge >= 0.3 is 0 Å². The second-order valence-electron chi connectivity index (χ2n) is 38.8. The Kier molecular flexibility index (Phi) is 14.9. The van der Waals surface area contributed by atoms with Crippen LogP contribution in [0.1, 0.15) is 74.9 Å². The lowest BCUT2D eigenvalue weighted by atomic mass is 9.82. The van der Waals surface area contributed by atoms with E-state index in [1.165, 1.54) is 137 Å². The number of hydrogen-bond donors (Lipinski definition) is 0. The third kappa shape index (κ3) is 10.2. The highest BCUT2D eigenvalue weighted by atomic mass is 15.2. The van der Waals surface area contributed by atoms with E-state index in [9.17, 15) is 0 Å². The molecule has 0 radical (unpaired) electrons. The molecule has 8 heteroatoms. The van der Waals surface area contributed by atoms with Gasteiger partial charge in [0.15, 0.2) is 11.6 Å². The zero-order valence-corrected chi connectivity index (χ0v) is 74.2. The lowest BCUT2D eigenvalue weighted by Gasteiger charge is -2.22. The van der Waals surface area contributed by atoms with Gasteiger partial charge in [0.2, 0.25) is 0 Å². The van der Waals surface area contributed by atoms with Crippen molar-refractivity contribution in [1.82, 2.24) is 37.4 Å². The molecule has 8 nitrogen and oxygen atoms in total. The molecule has 0 aliphatic heterocycles. The molecular weight excluding hydrogens is 1610 g/mol. The van der Waals surface area contributed by atoms with Crippen LogP contribution in [0.3, 0.4) is 0 Å². The average Bonchev–Trinajstić information content (AvgIpc) is 1.60. The van der Waals surface area contributed by atoms with Gasteiger partial charge in [-0.3, -0.25) is 9.13 Å². The van der Waals surface area contributed by atoms with Gasteiger partial charge < -0.3 is 18.3 Å². The molecular formula is C125H84N8. The molecule has 0 saturated heterocycles. The summed E-state index contributed by atoms with van der Waals surface area (Å²) in [6, 6.07) is 151. The number of rotatable bonds is 9. The van der Waals surface area contributed by atoms with Crippen molar-refractivity contribution in [1.29, 1.82) is 0 Å². The van der Waals surface area contributed by atoms with Gasteiger partial charge in [-0.1, -0.05) is 296 Å². The van der Waals surface area contributed by atoms with E-state index in [1.807, 2.05) is 0 Å². The van der Waals surface area contributed by atoms with E-state index in [-0.39, 0.29) is 16.2 Å². The first kappa shape index (κ1) is 74.3. The zero-order valence-electron chi connectivity index (χ0n) is 74.2. The normalized spacial score (nSPS) is 14.0. The van der Waals surface area contributed by atoms with Crippen LogP contribution in [0.4, 0.5) is 0 Å². The number of hydrogen-bond acceptors (Lipinski definition) is 2. The Hall–Kier alpha value is -16.7. The molecule has 624 valence electrons. The van der Waals surface area contributed by atoms with Crippen LogP contribution >= 0.6 is 0 Å². The molecule has 3 aliphatic carbocycles. The molecule has 0 unspecified atom stereocenters. The van der Waals surface area contributed by atoms with Crippen molar-refractivity contribution in [2.45, 2.75) is 57.8 Å². The highest BCUT2D eigenvalue weighted by Gasteiger charge is 2.40. The third-order valence-electron chi connectivity index (χ3n) is 30.8. The van der Waals surface area contributed by atoms with Crippen LogP contribution in [0.2, 0.25) is 0 Å². The number of fused-ring (bicyclic) bond motifs is 28.